The first-order valence-corrected chi connectivity index (χ1v) is 6.27. The Morgan fingerprint density at radius 3 is 2.68 bits per heavy atom. The Morgan fingerprint density at radius 1 is 1.42 bits per heavy atom. The summed E-state index contributed by atoms with van der Waals surface area (Å²) in [7, 11) is 1.73. The van der Waals surface area contributed by atoms with Gasteiger partial charge in [-0.3, -0.25) is 4.79 Å². The van der Waals surface area contributed by atoms with Gasteiger partial charge < -0.3 is 9.88 Å². The van der Waals surface area contributed by atoms with E-state index in [0.717, 1.165) is 23.9 Å². The van der Waals surface area contributed by atoms with Crippen molar-refractivity contribution in [1.29, 1.82) is 0 Å². The highest BCUT2D eigenvalue weighted by Gasteiger charge is 2.13. The second kappa shape index (κ2) is 5.79. The van der Waals surface area contributed by atoms with Gasteiger partial charge in [0.05, 0.1) is 5.75 Å². The first-order chi connectivity index (χ1) is 9.08. The monoisotopic (exact) mass is 284 g/mol. The van der Waals surface area contributed by atoms with Crippen LogP contribution in [0, 0.1) is 11.6 Å². The highest BCUT2D eigenvalue weighted by Crippen LogP contribution is 2.19. The molecule has 0 fully saturated rings. The van der Waals surface area contributed by atoms with Crippen LogP contribution in [0.5, 0.6) is 0 Å². The van der Waals surface area contributed by atoms with Gasteiger partial charge >= 0.3 is 0 Å². The van der Waals surface area contributed by atoms with Crippen LogP contribution >= 0.6 is 11.8 Å². The molecule has 5 nitrogen and oxygen atoms in total. The highest BCUT2D eigenvalue weighted by atomic mass is 32.2. The minimum Gasteiger partial charge on any atom is -0.320 e. The quantitative estimate of drug-likeness (QED) is 0.870. The van der Waals surface area contributed by atoms with Gasteiger partial charge in [0.15, 0.2) is 5.16 Å². The molecule has 0 spiro atoms. The molecular formula is C11H10F2N4OS. The molecule has 19 heavy (non-hydrogen) atoms. The van der Waals surface area contributed by atoms with E-state index in [1.807, 2.05) is 0 Å². The molecule has 0 aliphatic heterocycles. The summed E-state index contributed by atoms with van der Waals surface area (Å²) in [4.78, 5) is 11.6. The Balaban J connectivity index is 1.97. The number of hydrogen-bond acceptors (Lipinski definition) is 4. The topological polar surface area (TPSA) is 59.8 Å². The Kier molecular flexibility index (Phi) is 4.10. The highest BCUT2D eigenvalue weighted by molar-refractivity contribution is 7.99. The van der Waals surface area contributed by atoms with Gasteiger partial charge in [-0.25, -0.2) is 8.78 Å². The number of benzene rings is 1. The van der Waals surface area contributed by atoms with Gasteiger partial charge in [-0.15, -0.1) is 10.2 Å². The zero-order chi connectivity index (χ0) is 13.8. The Hall–Kier alpha value is -1.96. The molecule has 0 saturated heterocycles. The number of nitrogens with zero attached hydrogens (tertiary/aromatic N) is 3. The molecule has 1 amide bonds. The SMILES string of the molecule is Cn1cnnc1SCC(=O)Nc1c(F)cccc1F. The van der Waals surface area contributed by atoms with E-state index in [1.54, 1.807) is 11.6 Å². The third-order valence-corrected chi connectivity index (χ3v) is 3.26. The first kappa shape index (κ1) is 13.5. The maximum atomic E-state index is 13.3. The number of carbonyl (C=O) groups excluding carboxylic acids is 1. The molecule has 0 radical (unpaired) electrons. The van der Waals surface area contributed by atoms with Crippen molar-refractivity contribution in [3.8, 4) is 0 Å². The number of amides is 1. The largest absolute Gasteiger partial charge is 0.320 e. The van der Waals surface area contributed by atoms with Gasteiger partial charge in [0.25, 0.3) is 0 Å². The van der Waals surface area contributed by atoms with Crippen LogP contribution in [0.4, 0.5) is 14.5 Å². The lowest BCUT2D eigenvalue weighted by Crippen LogP contribution is -2.16. The van der Waals surface area contributed by atoms with Crippen molar-refractivity contribution < 1.29 is 13.6 Å². The number of aryl methyl sites for hydroxylation is 1. The fourth-order valence-electron chi connectivity index (χ4n) is 1.33. The molecule has 1 heterocycles. The lowest BCUT2D eigenvalue weighted by atomic mass is 10.3. The predicted molar refractivity (Wildman–Crippen MR) is 66.7 cm³/mol. The number of rotatable bonds is 4. The lowest BCUT2D eigenvalue weighted by Gasteiger charge is -2.06. The Morgan fingerprint density at radius 2 is 2.11 bits per heavy atom. The molecule has 0 aliphatic carbocycles. The van der Waals surface area contributed by atoms with Crippen LogP contribution in [-0.2, 0) is 11.8 Å². The van der Waals surface area contributed by atoms with Crippen LogP contribution in [0.2, 0.25) is 0 Å². The van der Waals surface area contributed by atoms with E-state index in [9.17, 15) is 13.6 Å². The van der Waals surface area contributed by atoms with E-state index in [4.69, 9.17) is 0 Å². The van der Waals surface area contributed by atoms with Crippen molar-refractivity contribution >= 4 is 23.4 Å². The van der Waals surface area contributed by atoms with Crippen molar-refractivity contribution in [1.82, 2.24) is 14.8 Å². The number of aromatic nitrogens is 3. The van der Waals surface area contributed by atoms with Gasteiger partial charge in [0.1, 0.15) is 23.6 Å². The van der Waals surface area contributed by atoms with Crippen molar-refractivity contribution in [2.24, 2.45) is 7.05 Å². The molecule has 0 bridgehead atoms. The summed E-state index contributed by atoms with van der Waals surface area (Å²) < 4.78 is 28.2. The van der Waals surface area contributed by atoms with Gasteiger partial charge in [0.2, 0.25) is 5.91 Å². The van der Waals surface area contributed by atoms with Crippen molar-refractivity contribution in [2.75, 3.05) is 11.1 Å². The normalized spacial score (nSPS) is 10.5. The number of para-hydroxylation sites is 1. The summed E-state index contributed by atoms with van der Waals surface area (Å²) in [6.07, 6.45) is 1.50. The average molecular weight is 284 g/mol. The summed E-state index contributed by atoms with van der Waals surface area (Å²) in [5, 5.41) is 10.2. The Bertz CT molecular complexity index is 582. The fraction of sp³-hybridized carbons (Fsp3) is 0.182. The molecule has 8 heteroatoms. The maximum Gasteiger partial charge on any atom is 0.235 e. The summed E-state index contributed by atoms with van der Waals surface area (Å²) in [5.41, 5.74) is -0.439. The standard InChI is InChI=1S/C11H10F2N4OS/c1-17-6-14-16-11(17)19-5-9(18)15-10-7(12)3-2-4-8(10)13/h2-4,6H,5H2,1H3,(H,15,18). The maximum absolute atomic E-state index is 13.3. The van der Waals surface area contributed by atoms with E-state index in [-0.39, 0.29) is 5.75 Å². The zero-order valence-corrected chi connectivity index (χ0v) is 10.7. The number of hydrogen-bond donors (Lipinski definition) is 1. The van der Waals surface area contributed by atoms with Gasteiger partial charge in [-0.1, -0.05) is 17.8 Å². The zero-order valence-electron chi connectivity index (χ0n) is 9.93. The van der Waals surface area contributed by atoms with Gasteiger partial charge in [-0.2, -0.15) is 0 Å². The average Bonchev–Trinajstić information content (AvgIpc) is 2.77. The van der Waals surface area contributed by atoms with Gasteiger partial charge in [0, 0.05) is 7.05 Å². The number of nitrogens with one attached hydrogen (secondary N) is 1. The van der Waals surface area contributed by atoms with Crippen LogP contribution in [0.3, 0.4) is 0 Å². The van der Waals surface area contributed by atoms with Crippen LogP contribution in [0.1, 0.15) is 0 Å². The molecule has 2 rings (SSSR count). The summed E-state index contributed by atoms with van der Waals surface area (Å²) >= 11 is 1.13. The van der Waals surface area contributed by atoms with E-state index >= 15 is 0 Å². The van der Waals surface area contributed by atoms with Crippen molar-refractivity contribution in [3.63, 3.8) is 0 Å². The van der Waals surface area contributed by atoms with E-state index in [2.05, 4.69) is 15.5 Å². The lowest BCUT2D eigenvalue weighted by molar-refractivity contribution is -0.113. The summed E-state index contributed by atoms with van der Waals surface area (Å²) in [6.45, 7) is 0. The molecule has 0 aliphatic rings. The Labute approximate surface area is 112 Å². The number of carbonyl (C=O) groups is 1. The van der Waals surface area contributed by atoms with E-state index in [0.29, 0.717) is 5.16 Å². The molecular weight excluding hydrogens is 274 g/mol. The second-order valence-corrected chi connectivity index (χ2v) is 4.60. The van der Waals surface area contributed by atoms with E-state index in [1.165, 1.54) is 12.4 Å². The molecule has 0 saturated carbocycles. The smallest absolute Gasteiger partial charge is 0.235 e. The number of anilines is 1. The molecule has 0 atom stereocenters. The first-order valence-electron chi connectivity index (χ1n) is 5.28. The molecule has 100 valence electrons. The fourth-order valence-corrected chi connectivity index (χ4v) is 2.01. The van der Waals surface area contributed by atoms with Crippen LogP contribution in [0.25, 0.3) is 0 Å². The minimum atomic E-state index is -0.808. The molecule has 2 aromatic rings. The van der Waals surface area contributed by atoms with Gasteiger partial charge in [-0.05, 0) is 12.1 Å². The van der Waals surface area contributed by atoms with Crippen LogP contribution in [-0.4, -0.2) is 26.4 Å². The van der Waals surface area contributed by atoms with E-state index < -0.39 is 23.2 Å². The van der Waals surface area contributed by atoms with Crippen molar-refractivity contribution in [2.45, 2.75) is 5.16 Å². The molecule has 1 aromatic heterocycles. The summed E-state index contributed by atoms with van der Waals surface area (Å²) in [6, 6.07) is 3.39. The second-order valence-electron chi connectivity index (χ2n) is 3.66. The van der Waals surface area contributed by atoms with Crippen LogP contribution in [0.15, 0.2) is 29.7 Å². The van der Waals surface area contributed by atoms with Crippen molar-refractivity contribution in [3.05, 3.63) is 36.2 Å². The number of thioether (sulfide) groups is 1. The molecule has 1 aromatic carbocycles. The molecule has 0 unspecified atom stereocenters. The minimum absolute atomic E-state index is 0.0136. The third kappa shape index (κ3) is 3.28. The third-order valence-electron chi connectivity index (χ3n) is 2.23. The molecule has 1 N–H and O–H groups in total. The van der Waals surface area contributed by atoms with Crippen LogP contribution < -0.4 is 5.32 Å². The number of halogens is 2. The predicted octanol–water partition coefficient (Wildman–Crippen LogP) is 1.82. The summed E-state index contributed by atoms with van der Waals surface area (Å²) in [5.74, 6) is -2.15.